The van der Waals surface area contributed by atoms with Crippen LogP contribution in [0.25, 0.3) is 0 Å². The molecule has 0 fully saturated rings. The maximum atomic E-state index is 11.8. The van der Waals surface area contributed by atoms with E-state index in [1.54, 1.807) is 11.8 Å². The van der Waals surface area contributed by atoms with E-state index in [4.69, 9.17) is 11.6 Å². The summed E-state index contributed by atoms with van der Waals surface area (Å²) in [5, 5.41) is 6.99. The topological polar surface area (TPSA) is 41.1 Å². The van der Waals surface area contributed by atoms with Crippen LogP contribution >= 0.6 is 23.4 Å². The number of para-hydroxylation sites is 1. The lowest BCUT2D eigenvalue weighted by atomic mass is 10.2. The van der Waals surface area contributed by atoms with Gasteiger partial charge in [-0.2, -0.15) is 0 Å². The molecule has 0 aliphatic carbocycles. The first-order valence-electron chi connectivity index (χ1n) is 7.62. The summed E-state index contributed by atoms with van der Waals surface area (Å²) in [6, 6.07) is 17.8. The van der Waals surface area contributed by atoms with Crippen molar-refractivity contribution < 1.29 is 4.79 Å². The molecule has 2 N–H and O–H groups in total. The molecule has 0 heterocycles. The second kappa shape index (κ2) is 10.2. The number of rotatable bonds is 9. The molecule has 5 heteroatoms. The van der Waals surface area contributed by atoms with Gasteiger partial charge < -0.3 is 10.6 Å². The van der Waals surface area contributed by atoms with Crippen molar-refractivity contribution in [2.24, 2.45) is 0 Å². The molecule has 122 valence electrons. The van der Waals surface area contributed by atoms with Crippen molar-refractivity contribution in [3.05, 3.63) is 65.2 Å². The van der Waals surface area contributed by atoms with Gasteiger partial charge in [0.1, 0.15) is 0 Å². The highest BCUT2D eigenvalue weighted by Crippen LogP contribution is 2.16. The molecule has 0 spiro atoms. The Morgan fingerprint density at radius 1 is 1.04 bits per heavy atom. The Bertz CT molecular complexity index is 607. The van der Waals surface area contributed by atoms with E-state index >= 15 is 0 Å². The van der Waals surface area contributed by atoms with Crippen LogP contribution in [0, 0.1) is 0 Å². The molecule has 0 atom stereocenters. The average Bonchev–Trinajstić information content (AvgIpc) is 2.55. The second-order valence-corrected chi connectivity index (χ2v) is 6.54. The number of nitrogens with one attached hydrogen (secondary N) is 2. The van der Waals surface area contributed by atoms with Crippen LogP contribution in [-0.2, 0) is 10.5 Å². The Morgan fingerprint density at radius 3 is 2.65 bits per heavy atom. The van der Waals surface area contributed by atoms with Crippen LogP contribution in [0.15, 0.2) is 54.6 Å². The fourth-order valence-electron chi connectivity index (χ4n) is 2.04. The summed E-state index contributed by atoms with van der Waals surface area (Å²) in [6.07, 6.45) is 0.902. The normalized spacial score (nSPS) is 10.3. The average molecular weight is 349 g/mol. The highest BCUT2D eigenvalue weighted by atomic mass is 35.5. The Kier molecular flexibility index (Phi) is 7.84. The Balaban J connectivity index is 1.52. The fourth-order valence-corrected chi connectivity index (χ4v) is 3.06. The third-order valence-electron chi connectivity index (χ3n) is 3.17. The molecule has 2 rings (SSSR count). The molecular formula is C18H21ClN2OS. The Morgan fingerprint density at radius 2 is 1.87 bits per heavy atom. The SMILES string of the molecule is O=C(CSCc1cccc(Cl)c1)NCCCNc1ccccc1. The summed E-state index contributed by atoms with van der Waals surface area (Å²) in [5.41, 5.74) is 2.25. The first-order valence-corrected chi connectivity index (χ1v) is 9.15. The highest BCUT2D eigenvalue weighted by molar-refractivity contribution is 7.99. The predicted molar refractivity (Wildman–Crippen MR) is 100 cm³/mol. The molecule has 0 bridgehead atoms. The number of carbonyl (C=O) groups excluding carboxylic acids is 1. The minimum atomic E-state index is 0.0803. The largest absolute Gasteiger partial charge is 0.385 e. The number of carbonyl (C=O) groups is 1. The van der Waals surface area contributed by atoms with Gasteiger partial charge in [-0.15, -0.1) is 11.8 Å². The summed E-state index contributed by atoms with van der Waals surface area (Å²) < 4.78 is 0. The molecule has 2 aromatic carbocycles. The van der Waals surface area contributed by atoms with Crippen LogP contribution in [0.4, 0.5) is 5.69 Å². The summed E-state index contributed by atoms with van der Waals surface area (Å²) in [4.78, 5) is 11.8. The van der Waals surface area contributed by atoms with E-state index in [1.807, 2.05) is 54.6 Å². The van der Waals surface area contributed by atoms with Crippen LogP contribution in [0.1, 0.15) is 12.0 Å². The maximum Gasteiger partial charge on any atom is 0.230 e. The molecule has 0 aliphatic rings. The number of halogens is 1. The molecule has 0 saturated heterocycles. The number of anilines is 1. The molecule has 0 aromatic heterocycles. The van der Waals surface area contributed by atoms with Crippen molar-refractivity contribution in [1.82, 2.24) is 5.32 Å². The van der Waals surface area contributed by atoms with Gasteiger partial charge in [-0.3, -0.25) is 4.79 Å². The third-order valence-corrected chi connectivity index (χ3v) is 4.41. The summed E-state index contributed by atoms with van der Waals surface area (Å²) in [7, 11) is 0. The van der Waals surface area contributed by atoms with Crippen LogP contribution in [0.2, 0.25) is 5.02 Å². The Hall–Kier alpha value is -1.65. The van der Waals surface area contributed by atoms with Gasteiger partial charge in [-0.05, 0) is 36.2 Å². The van der Waals surface area contributed by atoms with Crippen molar-refractivity contribution >= 4 is 35.0 Å². The van der Waals surface area contributed by atoms with E-state index in [9.17, 15) is 4.79 Å². The maximum absolute atomic E-state index is 11.8. The van der Waals surface area contributed by atoms with Gasteiger partial charge in [0.05, 0.1) is 5.75 Å². The van der Waals surface area contributed by atoms with Crippen molar-refractivity contribution in [2.75, 3.05) is 24.2 Å². The number of benzene rings is 2. The Labute approximate surface area is 146 Å². The zero-order chi connectivity index (χ0) is 16.3. The zero-order valence-electron chi connectivity index (χ0n) is 12.9. The molecular weight excluding hydrogens is 328 g/mol. The quantitative estimate of drug-likeness (QED) is 0.667. The predicted octanol–water partition coefficient (Wildman–Crippen LogP) is 4.19. The summed E-state index contributed by atoms with van der Waals surface area (Å²) >= 11 is 7.53. The van der Waals surface area contributed by atoms with Crippen molar-refractivity contribution in [3.63, 3.8) is 0 Å². The molecule has 0 saturated carbocycles. The lowest BCUT2D eigenvalue weighted by Crippen LogP contribution is -2.27. The van der Waals surface area contributed by atoms with E-state index in [2.05, 4.69) is 10.6 Å². The van der Waals surface area contributed by atoms with Crippen LogP contribution in [-0.4, -0.2) is 24.7 Å². The van der Waals surface area contributed by atoms with Gasteiger partial charge in [0.15, 0.2) is 0 Å². The van der Waals surface area contributed by atoms with E-state index in [0.29, 0.717) is 12.3 Å². The number of amides is 1. The molecule has 0 unspecified atom stereocenters. The third kappa shape index (κ3) is 7.44. The molecule has 0 radical (unpaired) electrons. The van der Waals surface area contributed by atoms with Crippen molar-refractivity contribution in [3.8, 4) is 0 Å². The van der Waals surface area contributed by atoms with E-state index in [0.717, 1.165) is 35.0 Å². The van der Waals surface area contributed by atoms with Gasteiger partial charge in [-0.1, -0.05) is 41.9 Å². The number of hydrogen-bond acceptors (Lipinski definition) is 3. The van der Waals surface area contributed by atoms with Gasteiger partial charge >= 0.3 is 0 Å². The van der Waals surface area contributed by atoms with E-state index < -0.39 is 0 Å². The standard InChI is InChI=1S/C18H21ClN2OS/c19-16-7-4-6-15(12-16)13-23-14-18(22)21-11-5-10-20-17-8-2-1-3-9-17/h1-4,6-9,12,20H,5,10-11,13-14H2,(H,21,22). The molecule has 1 amide bonds. The van der Waals surface area contributed by atoms with Gasteiger partial charge in [0.2, 0.25) is 5.91 Å². The fraction of sp³-hybridized carbons (Fsp3) is 0.278. The molecule has 2 aromatic rings. The first-order chi connectivity index (χ1) is 11.2. The summed E-state index contributed by atoms with van der Waals surface area (Å²) in [5.74, 6) is 1.35. The van der Waals surface area contributed by atoms with Gasteiger partial charge in [0.25, 0.3) is 0 Å². The second-order valence-electron chi connectivity index (χ2n) is 5.12. The van der Waals surface area contributed by atoms with Gasteiger partial charge in [0, 0.05) is 29.6 Å². The lowest BCUT2D eigenvalue weighted by molar-refractivity contribution is -0.118. The van der Waals surface area contributed by atoms with Crippen molar-refractivity contribution in [2.45, 2.75) is 12.2 Å². The molecule has 0 aliphatic heterocycles. The minimum absolute atomic E-state index is 0.0803. The summed E-state index contributed by atoms with van der Waals surface area (Å²) in [6.45, 7) is 1.54. The zero-order valence-corrected chi connectivity index (χ0v) is 14.5. The molecule has 3 nitrogen and oxygen atoms in total. The highest BCUT2D eigenvalue weighted by Gasteiger charge is 2.02. The first kappa shape index (κ1) is 17.7. The smallest absolute Gasteiger partial charge is 0.230 e. The lowest BCUT2D eigenvalue weighted by Gasteiger charge is -2.07. The van der Waals surface area contributed by atoms with E-state index in [1.165, 1.54) is 0 Å². The van der Waals surface area contributed by atoms with Crippen molar-refractivity contribution in [1.29, 1.82) is 0 Å². The van der Waals surface area contributed by atoms with Crippen LogP contribution in [0.3, 0.4) is 0 Å². The number of hydrogen-bond donors (Lipinski definition) is 2. The monoisotopic (exact) mass is 348 g/mol. The van der Waals surface area contributed by atoms with Gasteiger partial charge in [-0.25, -0.2) is 0 Å². The minimum Gasteiger partial charge on any atom is -0.385 e. The van der Waals surface area contributed by atoms with E-state index in [-0.39, 0.29) is 5.91 Å². The van der Waals surface area contributed by atoms with Crippen LogP contribution < -0.4 is 10.6 Å². The molecule has 23 heavy (non-hydrogen) atoms. The number of thioether (sulfide) groups is 1. The van der Waals surface area contributed by atoms with Crippen LogP contribution in [0.5, 0.6) is 0 Å².